The number of hydrogen-bond acceptors (Lipinski definition) is 4. The molecule has 1 rings (SSSR count). The molecule has 2 N–H and O–H groups in total. The minimum atomic E-state index is 0. The van der Waals surface area contributed by atoms with Crippen molar-refractivity contribution >= 4 is 41.3 Å². The van der Waals surface area contributed by atoms with Gasteiger partial charge in [0, 0.05) is 31.6 Å². The van der Waals surface area contributed by atoms with Crippen LogP contribution >= 0.6 is 35.3 Å². The quantitative estimate of drug-likeness (QED) is 0.240. The third kappa shape index (κ3) is 9.80. The third-order valence-electron chi connectivity index (χ3n) is 3.56. The number of nitrogens with one attached hydrogen (secondary N) is 2. The summed E-state index contributed by atoms with van der Waals surface area (Å²) >= 11 is 1.79. The largest absolute Gasteiger partial charge is 0.380 e. The zero-order valence-corrected chi connectivity index (χ0v) is 18.7. The maximum Gasteiger partial charge on any atom is 0.191 e. The van der Waals surface area contributed by atoms with E-state index in [1.807, 2.05) is 0 Å². The molecule has 1 aromatic rings. The second kappa shape index (κ2) is 13.9. The van der Waals surface area contributed by atoms with Crippen LogP contribution in [-0.4, -0.2) is 58.3 Å². The number of halogens is 1. The molecule has 0 aliphatic heterocycles. The van der Waals surface area contributed by atoms with E-state index >= 15 is 0 Å². The molecule has 5 nitrogen and oxygen atoms in total. The monoisotopic (exact) mass is 468 g/mol. The van der Waals surface area contributed by atoms with Crippen molar-refractivity contribution in [2.75, 3.05) is 47.4 Å². The Morgan fingerprint density at radius 2 is 2.04 bits per heavy atom. The molecule has 140 valence electrons. The van der Waals surface area contributed by atoms with E-state index in [-0.39, 0.29) is 24.0 Å². The lowest BCUT2D eigenvalue weighted by molar-refractivity contribution is 0.128. The van der Waals surface area contributed by atoms with Crippen molar-refractivity contribution < 1.29 is 4.74 Å². The van der Waals surface area contributed by atoms with Crippen molar-refractivity contribution in [3.8, 4) is 0 Å². The minimum Gasteiger partial charge on any atom is -0.380 e. The number of guanidine groups is 1. The van der Waals surface area contributed by atoms with Crippen LogP contribution in [0.3, 0.4) is 0 Å². The highest BCUT2D eigenvalue weighted by atomic mass is 127. The normalized spacial score (nSPS) is 13.0. The number of likely N-dealkylation sites (N-methyl/N-ethyl adjacent to an activating group) is 1. The Kier molecular flexibility index (Phi) is 13.6. The molecule has 0 amide bonds. The molecule has 0 aliphatic rings. The van der Waals surface area contributed by atoms with Gasteiger partial charge >= 0.3 is 0 Å². The standard InChI is InChI=1S/C17H32N4OS.HI/c1-14(2)8-10-22-11-9-19-17(18-3)20-13-15(21(4)5)16-7-6-12-23-16;/h6-7,12,14-15H,8-11,13H2,1-5H3,(H2,18,19,20);1H. The summed E-state index contributed by atoms with van der Waals surface area (Å²) in [6.07, 6.45) is 1.11. The van der Waals surface area contributed by atoms with Gasteiger partial charge in [-0.15, -0.1) is 35.3 Å². The molecule has 0 radical (unpaired) electrons. The third-order valence-corrected chi connectivity index (χ3v) is 4.53. The van der Waals surface area contributed by atoms with Crippen molar-refractivity contribution in [3.05, 3.63) is 22.4 Å². The lowest BCUT2D eigenvalue weighted by atomic mass is 10.1. The average molecular weight is 468 g/mol. The summed E-state index contributed by atoms with van der Waals surface area (Å²) in [5.41, 5.74) is 0. The Balaban J connectivity index is 0.00000529. The molecule has 0 bridgehead atoms. The Morgan fingerprint density at radius 1 is 1.29 bits per heavy atom. The Labute approximate surface area is 168 Å². The van der Waals surface area contributed by atoms with Gasteiger partial charge < -0.3 is 20.3 Å². The molecule has 0 saturated heterocycles. The molecule has 0 spiro atoms. The first-order chi connectivity index (χ1) is 11.0. The molecule has 1 unspecified atom stereocenters. The average Bonchev–Trinajstić information content (AvgIpc) is 3.02. The van der Waals surface area contributed by atoms with Crippen molar-refractivity contribution in [3.63, 3.8) is 0 Å². The predicted octanol–water partition coefficient (Wildman–Crippen LogP) is 3.20. The summed E-state index contributed by atoms with van der Waals surface area (Å²) in [5.74, 6) is 1.51. The highest BCUT2D eigenvalue weighted by Crippen LogP contribution is 2.22. The maximum atomic E-state index is 5.61. The zero-order valence-electron chi connectivity index (χ0n) is 15.5. The molecule has 0 aromatic carbocycles. The fourth-order valence-corrected chi connectivity index (χ4v) is 3.02. The van der Waals surface area contributed by atoms with Crippen LogP contribution in [-0.2, 0) is 4.74 Å². The summed E-state index contributed by atoms with van der Waals surface area (Å²) in [7, 11) is 6.00. The molecule has 1 aromatic heterocycles. The van der Waals surface area contributed by atoms with Gasteiger partial charge in [-0.2, -0.15) is 0 Å². The van der Waals surface area contributed by atoms with Crippen LogP contribution in [0.5, 0.6) is 0 Å². The van der Waals surface area contributed by atoms with E-state index in [4.69, 9.17) is 4.74 Å². The topological polar surface area (TPSA) is 48.9 Å². The van der Waals surface area contributed by atoms with Gasteiger partial charge in [-0.25, -0.2) is 0 Å². The first-order valence-electron chi connectivity index (χ1n) is 8.26. The molecular formula is C17H33IN4OS. The Bertz CT molecular complexity index is 438. The molecule has 24 heavy (non-hydrogen) atoms. The van der Waals surface area contributed by atoms with Gasteiger partial charge in [-0.05, 0) is 37.9 Å². The summed E-state index contributed by atoms with van der Waals surface area (Å²) in [6, 6.07) is 4.62. The summed E-state index contributed by atoms with van der Waals surface area (Å²) in [5, 5.41) is 8.81. The van der Waals surface area contributed by atoms with Crippen molar-refractivity contribution in [1.82, 2.24) is 15.5 Å². The number of hydrogen-bond donors (Lipinski definition) is 2. The van der Waals surface area contributed by atoms with Gasteiger partial charge in [-0.1, -0.05) is 19.9 Å². The number of rotatable bonds is 10. The molecule has 1 heterocycles. The summed E-state index contributed by atoms with van der Waals surface area (Å²) < 4.78 is 5.61. The van der Waals surface area contributed by atoms with Crippen molar-refractivity contribution in [2.24, 2.45) is 10.9 Å². The van der Waals surface area contributed by atoms with Crippen LogP contribution in [0, 0.1) is 5.92 Å². The fraction of sp³-hybridized carbons (Fsp3) is 0.706. The van der Waals surface area contributed by atoms with Crippen LogP contribution in [0.2, 0.25) is 0 Å². The molecule has 1 atom stereocenters. The fourth-order valence-electron chi connectivity index (χ4n) is 2.10. The van der Waals surface area contributed by atoms with E-state index in [1.54, 1.807) is 18.4 Å². The van der Waals surface area contributed by atoms with Crippen molar-refractivity contribution in [1.29, 1.82) is 0 Å². The second-order valence-corrected chi connectivity index (χ2v) is 7.15. The molecule has 0 fully saturated rings. The van der Waals surface area contributed by atoms with Crippen LogP contribution in [0.1, 0.15) is 31.2 Å². The van der Waals surface area contributed by atoms with Crippen LogP contribution in [0.15, 0.2) is 22.5 Å². The summed E-state index contributed by atoms with van der Waals surface area (Å²) in [4.78, 5) is 7.85. The van der Waals surface area contributed by atoms with Gasteiger partial charge in [0.1, 0.15) is 0 Å². The lowest BCUT2D eigenvalue weighted by Gasteiger charge is -2.24. The number of ether oxygens (including phenoxy) is 1. The highest BCUT2D eigenvalue weighted by molar-refractivity contribution is 14.0. The molecule has 0 saturated carbocycles. The van der Waals surface area contributed by atoms with E-state index < -0.39 is 0 Å². The van der Waals surface area contributed by atoms with E-state index in [0.29, 0.717) is 18.6 Å². The van der Waals surface area contributed by atoms with Crippen LogP contribution in [0.4, 0.5) is 0 Å². The van der Waals surface area contributed by atoms with E-state index in [0.717, 1.165) is 32.1 Å². The molecule has 0 aliphatic carbocycles. The van der Waals surface area contributed by atoms with Gasteiger partial charge in [0.15, 0.2) is 5.96 Å². The Hall–Kier alpha value is -0.380. The number of thiophene rings is 1. The van der Waals surface area contributed by atoms with Gasteiger partial charge in [0.2, 0.25) is 0 Å². The second-order valence-electron chi connectivity index (χ2n) is 6.17. The summed E-state index contributed by atoms with van der Waals surface area (Å²) in [6.45, 7) is 7.54. The van der Waals surface area contributed by atoms with E-state index in [2.05, 4.69) is 66.0 Å². The first-order valence-corrected chi connectivity index (χ1v) is 9.14. The van der Waals surface area contributed by atoms with Gasteiger partial charge in [0.05, 0.1) is 12.6 Å². The molecule has 7 heteroatoms. The van der Waals surface area contributed by atoms with Gasteiger partial charge in [-0.3, -0.25) is 4.99 Å². The number of aliphatic imine (C=N–C) groups is 1. The van der Waals surface area contributed by atoms with Crippen LogP contribution < -0.4 is 10.6 Å². The maximum absolute atomic E-state index is 5.61. The lowest BCUT2D eigenvalue weighted by Crippen LogP contribution is -2.42. The van der Waals surface area contributed by atoms with E-state index in [1.165, 1.54) is 4.88 Å². The predicted molar refractivity (Wildman–Crippen MR) is 116 cm³/mol. The minimum absolute atomic E-state index is 0. The SMILES string of the molecule is CN=C(NCCOCCC(C)C)NCC(c1cccs1)N(C)C.I. The number of nitrogens with zero attached hydrogens (tertiary/aromatic N) is 2. The van der Waals surface area contributed by atoms with Crippen LogP contribution in [0.25, 0.3) is 0 Å². The molecular weight excluding hydrogens is 435 g/mol. The zero-order chi connectivity index (χ0) is 17.1. The van der Waals surface area contributed by atoms with Crippen molar-refractivity contribution in [2.45, 2.75) is 26.3 Å². The smallest absolute Gasteiger partial charge is 0.191 e. The highest BCUT2D eigenvalue weighted by Gasteiger charge is 2.15. The van der Waals surface area contributed by atoms with E-state index in [9.17, 15) is 0 Å². The Morgan fingerprint density at radius 3 is 2.58 bits per heavy atom. The van der Waals surface area contributed by atoms with Gasteiger partial charge in [0.25, 0.3) is 0 Å². The first kappa shape index (κ1) is 23.6.